The maximum Gasteiger partial charge on any atom is 0.573 e. The molecule has 36 heavy (non-hydrogen) atoms. The second-order valence-electron chi connectivity index (χ2n) is 8.47. The first kappa shape index (κ1) is 23.7. The molecule has 2 amide bonds. The molecule has 1 saturated heterocycles. The molecule has 0 spiro atoms. The number of halogens is 3. The van der Waals surface area contributed by atoms with E-state index in [2.05, 4.69) is 20.1 Å². The minimum atomic E-state index is -4.76. The van der Waals surface area contributed by atoms with Crippen molar-refractivity contribution in [1.82, 2.24) is 15.0 Å². The molecule has 2 heterocycles. The number of anilines is 1. The van der Waals surface area contributed by atoms with Gasteiger partial charge in [-0.05, 0) is 35.4 Å². The first-order valence-corrected chi connectivity index (χ1v) is 11.4. The number of benzene rings is 3. The monoisotopic (exact) mass is 496 g/mol. The highest BCUT2D eigenvalue weighted by atomic mass is 19.4. The van der Waals surface area contributed by atoms with Crippen molar-refractivity contribution in [2.24, 2.45) is 0 Å². The molecule has 1 aliphatic rings. The third kappa shape index (κ3) is 5.44. The standard InChI is InChI=1S/C26H23F3N4O3/c27-26(28,29)35-22-10-3-1-8-20(22)19-7-5-6-18(16-19)17-32-12-14-33(15-13-32)25(34)30-24-21-9-2-4-11-23(21)36-31-24/h1-11,16H,12-15,17H2,(H,30,31,34). The van der Waals surface area contributed by atoms with Crippen LogP contribution in [-0.4, -0.2) is 53.5 Å². The molecule has 1 aliphatic heterocycles. The number of nitrogens with zero attached hydrogens (tertiary/aromatic N) is 3. The van der Waals surface area contributed by atoms with Gasteiger partial charge in [0.05, 0.1) is 5.39 Å². The van der Waals surface area contributed by atoms with Crippen LogP contribution in [0, 0.1) is 0 Å². The van der Waals surface area contributed by atoms with Crippen LogP contribution in [0.15, 0.2) is 77.3 Å². The van der Waals surface area contributed by atoms with Gasteiger partial charge in [-0.15, -0.1) is 13.2 Å². The van der Waals surface area contributed by atoms with Crippen LogP contribution in [0.4, 0.5) is 23.8 Å². The lowest BCUT2D eigenvalue weighted by Gasteiger charge is -2.34. The van der Waals surface area contributed by atoms with Crippen molar-refractivity contribution in [2.45, 2.75) is 12.9 Å². The van der Waals surface area contributed by atoms with Gasteiger partial charge in [-0.2, -0.15) is 0 Å². The quantitative estimate of drug-likeness (QED) is 0.381. The van der Waals surface area contributed by atoms with Gasteiger partial charge in [0.15, 0.2) is 11.4 Å². The summed E-state index contributed by atoms with van der Waals surface area (Å²) in [5.74, 6) is 0.159. The van der Waals surface area contributed by atoms with Crippen molar-refractivity contribution in [3.63, 3.8) is 0 Å². The average Bonchev–Trinajstić information content (AvgIpc) is 3.27. The zero-order valence-corrected chi connectivity index (χ0v) is 19.2. The number of ether oxygens (including phenoxy) is 1. The fourth-order valence-electron chi connectivity index (χ4n) is 4.28. The Balaban J connectivity index is 1.20. The molecule has 1 N–H and O–H groups in total. The van der Waals surface area contributed by atoms with Gasteiger partial charge >= 0.3 is 12.4 Å². The van der Waals surface area contributed by atoms with E-state index < -0.39 is 6.36 Å². The molecule has 10 heteroatoms. The van der Waals surface area contributed by atoms with Crippen molar-refractivity contribution in [3.05, 3.63) is 78.4 Å². The molecule has 0 radical (unpaired) electrons. The molecular weight excluding hydrogens is 473 g/mol. The number of hydrogen-bond acceptors (Lipinski definition) is 5. The Morgan fingerprint density at radius 3 is 2.53 bits per heavy atom. The van der Waals surface area contributed by atoms with E-state index in [1.165, 1.54) is 12.1 Å². The number of fused-ring (bicyclic) bond motifs is 1. The SMILES string of the molecule is O=C(Nc1noc2ccccc12)N1CCN(Cc2cccc(-c3ccccc3OC(F)(F)F)c2)CC1. The van der Waals surface area contributed by atoms with Gasteiger partial charge in [-0.1, -0.05) is 53.7 Å². The summed E-state index contributed by atoms with van der Waals surface area (Å²) in [6.45, 7) is 2.99. The highest BCUT2D eigenvalue weighted by Gasteiger charge is 2.32. The number of carbonyl (C=O) groups is 1. The number of alkyl halides is 3. The summed E-state index contributed by atoms with van der Waals surface area (Å²) >= 11 is 0. The summed E-state index contributed by atoms with van der Waals surface area (Å²) in [6.07, 6.45) is -4.76. The van der Waals surface area contributed by atoms with Gasteiger partial charge in [-0.25, -0.2) is 4.79 Å². The van der Waals surface area contributed by atoms with Gasteiger partial charge < -0.3 is 14.2 Å². The van der Waals surface area contributed by atoms with Crippen molar-refractivity contribution in [2.75, 3.05) is 31.5 Å². The summed E-state index contributed by atoms with van der Waals surface area (Å²) in [6, 6.07) is 20.6. The fourth-order valence-corrected chi connectivity index (χ4v) is 4.28. The van der Waals surface area contributed by atoms with Crippen LogP contribution in [0.5, 0.6) is 5.75 Å². The van der Waals surface area contributed by atoms with E-state index in [0.717, 1.165) is 10.9 Å². The number of para-hydroxylation sites is 2. The molecule has 0 unspecified atom stereocenters. The Labute approximate surface area is 205 Å². The Kier molecular flexibility index (Phi) is 6.51. The van der Waals surface area contributed by atoms with Crippen LogP contribution in [0.25, 0.3) is 22.1 Å². The lowest BCUT2D eigenvalue weighted by atomic mass is 10.0. The number of rotatable bonds is 5. The Morgan fingerprint density at radius 1 is 0.972 bits per heavy atom. The Hall–Kier alpha value is -4.05. The molecule has 0 saturated carbocycles. The minimum Gasteiger partial charge on any atom is -0.405 e. The molecule has 186 valence electrons. The van der Waals surface area contributed by atoms with Crippen LogP contribution >= 0.6 is 0 Å². The van der Waals surface area contributed by atoms with Crippen LogP contribution in [0.1, 0.15) is 5.56 Å². The smallest absolute Gasteiger partial charge is 0.405 e. The van der Waals surface area contributed by atoms with Crippen molar-refractivity contribution >= 4 is 22.8 Å². The summed E-state index contributed by atoms with van der Waals surface area (Å²) in [7, 11) is 0. The summed E-state index contributed by atoms with van der Waals surface area (Å²) in [4.78, 5) is 16.7. The lowest BCUT2D eigenvalue weighted by molar-refractivity contribution is -0.274. The molecule has 3 aromatic carbocycles. The van der Waals surface area contributed by atoms with Crippen LogP contribution < -0.4 is 10.1 Å². The zero-order valence-electron chi connectivity index (χ0n) is 19.2. The van der Waals surface area contributed by atoms with Crippen molar-refractivity contribution in [1.29, 1.82) is 0 Å². The second-order valence-corrected chi connectivity index (χ2v) is 8.47. The van der Waals surface area contributed by atoms with E-state index in [4.69, 9.17) is 4.52 Å². The molecule has 4 aromatic rings. The van der Waals surface area contributed by atoms with Crippen molar-refractivity contribution in [3.8, 4) is 16.9 Å². The van der Waals surface area contributed by atoms with E-state index in [1.54, 1.807) is 29.2 Å². The average molecular weight is 496 g/mol. The number of amides is 2. The van der Waals surface area contributed by atoms with Gasteiger partial charge in [0, 0.05) is 38.3 Å². The third-order valence-electron chi connectivity index (χ3n) is 6.02. The van der Waals surface area contributed by atoms with Crippen LogP contribution in [-0.2, 0) is 6.54 Å². The number of carbonyl (C=O) groups excluding carboxylic acids is 1. The highest BCUT2D eigenvalue weighted by molar-refractivity contribution is 5.98. The predicted octanol–water partition coefficient (Wildman–Crippen LogP) is 5.74. The first-order chi connectivity index (χ1) is 17.4. The van der Waals surface area contributed by atoms with E-state index in [-0.39, 0.29) is 11.8 Å². The third-order valence-corrected chi connectivity index (χ3v) is 6.02. The lowest BCUT2D eigenvalue weighted by Crippen LogP contribution is -2.49. The minimum absolute atomic E-state index is 0.235. The molecule has 1 aromatic heterocycles. The fraction of sp³-hybridized carbons (Fsp3) is 0.231. The molecule has 0 aliphatic carbocycles. The zero-order chi connectivity index (χ0) is 25.1. The molecule has 1 fully saturated rings. The first-order valence-electron chi connectivity index (χ1n) is 11.4. The number of aromatic nitrogens is 1. The van der Waals surface area contributed by atoms with Gasteiger partial charge in [0.25, 0.3) is 0 Å². The maximum atomic E-state index is 12.8. The van der Waals surface area contributed by atoms with E-state index in [0.29, 0.717) is 55.3 Å². The molecule has 5 rings (SSSR count). The molecular formula is C26H23F3N4O3. The van der Waals surface area contributed by atoms with Crippen molar-refractivity contribution < 1.29 is 27.2 Å². The Bertz CT molecular complexity index is 1360. The van der Waals surface area contributed by atoms with E-state index in [9.17, 15) is 18.0 Å². The summed E-state index contributed by atoms with van der Waals surface area (Å²) in [5, 5.41) is 7.50. The van der Waals surface area contributed by atoms with Gasteiger partial charge in [-0.3, -0.25) is 10.2 Å². The highest BCUT2D eigenvalue weighted by Crippen LogP contribution is 2.34. The summed E-state index contributed by atoms with van der Waals surface area (Å²) < 4.78 is 47.9. The van der Waals surface area contributed by atoms with Gasteiger partial charge in [0.2, 0.25) is 0 Å². The van der Waals surface area contributed by atoms with Crippen LogP contribution in [0.3, 0.4) is 0 Å². The topological polar surface area (TPSA) is 70.8 Å². The van der Waals surface area contributed by atoms with Gasteiger partial charge in [0.1, 0.15) is 5.75 Å². The second kappa shape index (κ2) is 9.90. The summed E-state index contributed by atoms with van der Waals surface area (Å²) in [5.41, 5.74) is 2.58. The number of urea groups is 1. The Morgan fingerprint density at radius 2 is 1.72 bits per heavy atom. The maximum absolute atomic E-state index is 12.8. The number of hydrogen-bond donors (Lipinski definition) is 1. The largest absolute Gasteiger partial charge is 0.573 e. The molecule has 0 atom stereocenters. The van der Waals surface area contributed by atoms with E-state index in [1.807, 2.05) is 36.4 Å². The molecule has 0 bridgehead atoms. The normalized spacial score (nSPS) is 14.7. The van der Waals surface area contributed by atoms with Crippen LogP contribution in [0.2, 0.25) is 0 Å². The number of nitrogens with one attached hydrogen (secondary N) is 1. The number of piperazine rings is 1. The molecule has 7 nitrogen and oxygen atoms in total. The predicted molar refractivity (Wildman–Crippen MR) is 128 cm³/mol. The van der Waals surface area contributed by atoms with E-state index >= 15 is 0 Å².